The summed E-state index contributed by atoms with van der Waals surface area (Å²) in [6, 6.07) is 18.8. The summed E-state index contributed by atoms with van der Waals surface area (Å²) in [6.07, 6.45) is 24.6. The molecule has 0 unspecified atom stereocenters. The number of carbonyl (C=O) groups excluding carboxylic acids is 1. The van der Waals surface area contributed by atoms with Gasteiger partial charge in [0.05, 0.1) is 0 Å². The van der Waals surface area contributed by atoms with Crippen LogP contribution in [0.3, 0.4) is 0 Å². The second-order valence-electron chi connectivity index (χ2n) is 12.9. The van der Waals surface area contributed by atoms with Gasteiger partial charge in [0.2, 0.25) is 0 Å². The molecule has 2 aromatic rings. The van der Waals surface area contributed by atoms with Gasteiger partial charge in [-0.05, 0) is 97.8 Å². The van der Waals surface area contributed by atoms with Crippen LogP contribution < -0.4 is 0 Å². The van der Waals surface area contributed by atoms with E-state index in [0.717, 1.165) is 43.9 Å². The summed E-state index contributed by atoms with van der Waals surface area (Å²) in [5.74, 6) is 2.34. The summed E-state index contributed by atoms with van der Waals surface area (Å²) in [5, 5.41) is 0. The Labute approximate surface area is 234 Å². The highest BCUT2D eigenvalue weighted by molar-refractivity contribution is 5.64. The minimum atomic E-state index is -0.0408. The van der Waals surface area contributed by atoms with E-state index in [1.165, 1.54) is 106 Å². The van der Waals surface area contributed by atoms with Crippen LogP contribution in [-0.2, 0) is 4.79 Å². The van der Waals surface area contributed by atoms with Crippen molar-refractivity contribution in [2.75, 3.05) is 0 Å². The highest BCUT2D eigenvalue weighted by Crippen LogP contribution is 2.45. The average Bonchev–Trinajstić information content (AvgIpc) is 2.98. The van der Waals surface area contributed by atoms with Crippen LogP contribution in [0, 0.1) is 11.3 Å². The van der Waals surface area contributed by atoms with Crippen LogP contribution in [0.25, 0.3) is 11.1 Å². The smallest absolute Gasteiger partial charge is 0.126 e. The second-order valence-corrected chi connectivity index (χ2v) is 12.9. The van der Waals surface area contributed by atoms with E-state index in [1.54, 1.807) is 5.56 Å². The zero-order valence-electron chi connectivity index (χ0n) is 24.6. The third-order valence-corrected chi connectivity index (χ3v) is 10.2. The third kappa shape index (κ3) is 8.06. The lowest BCUT2D eigenvalue weighted by Gasteiger charge is -2.36. The summed E-state index contributed by atoms with van der Waals surface area (Å²) in [5.41, 5.74) is 5.62. The van der Waals surface area contributed by atoms with Crippen LogP contribution in [0.5, 0.6) is 0 Å². The molecule has 0 aliphatic heterocycles. The summed E-state index contributed by atoms with van der Waals surface area (Å²) < 4.78 is 0. The van der Waals surface area contributed by atoms with E-state index in [0.29, 0.717) is 5.92 Å². The number of carbonyl (C=O) groups is 1. The van der Waals surface area contributed by atoms with Gasteiger partial charge in [-0.2, -0.15) is 0 Å². The first-order chi connectivity index (χ1) is 18.7. The van der Waals surface area contributed by atoms with Gasteiger partial charge in [0, 0.05) is 5.41 Å². The van der Waals surface area contributed by atoms with Crippen LogP contribution >= 0.6 is 0 Å². The standard InChI is InChI=1S/C37H54O/c1-3-5-7-8-9-11-30-12-14-31(15-13-30)32-16-18-33(19-17-32)34-20-22-35(23-21-34)36-24-27-37(29-38,28-25-36)26-10-6-4-2/h16-23,29-31,36H,3-15,24-28H2,1-2H3. The number of rotatable bonds is 14. The van der Waals surface area contributed by atoms with Crippen LogP contribution in [0.4, 0.5) is 0 Å². The molecule has 0 heterocycles. The van der Waals surface area contributed by atoms with E-state index in [2.05, 4.69) is 62.4 Å². The van der Waals surface area contributed by atoms with Crippen molar-refractivity contribution in [3.63, 3.8) is 0 Å². The van der Waals surface area contributed by atoms with Crippen molar-refractivity contribution in [2.24, 2.45) is 11.3 Å². The normalized spacial score (nSPS) is 25.8. The molecule has 1 nitrogen and oxygen atoms in total. The lowest BCUT2D eigenvalue weighted by atomic mass is 9.67. The maximum absolute atomic E-state index is 11.9. The SMILES string of the molecule is CCCCCCCC1CCC(c2ccc(-c3ccc(C4CCC(C=O)(CCCCC)CC4)cc3)cc2)CC1. The molecule has 2 saturated carbocycles. The highest BCUT2D eigenvalue weighted by atomic mass is 16.1. The van der Waals surface area contributed by atoms with E-state index < -0.39 is 0 Å². The Balaban J connectivity index is 1.24. The quantitative estimate of drug-likeness (QED) is 0.181. The highest BCUT2D eigenvalue weighted by Gasteiger charge is 2.35. The van der Waals surface area contributed by atoms with Crippen molar-refractivity contribution in [3.05, 3.63) is 59.7 Å². The Bertz CT molecular complexity index is 924. The molecule has 0 N–H and O–H groups in total. The van der Waals surface area contributed by atoms with Crippen LogP contribution in [0.15, 0.2) is 48.5 Å². The first-order valence-corrected chi connectivity index (χ1v) is 16.3. The van der Waals surface area contributed by atoms with Crippen molar-refractivity contribution in [3.8, 4) is 11.1 Å². The van der Waals surface area contributed by atoms with E-state index in [4.69, 9.17) is 0 Å². The fourth-order valence-electron chi connectivity index (χ4n) is 7.40. The fourth-order valence-corrected chi connectivity index (χ4v) is 7.40. The molecule has 1 heteroatoms. The monoisotopic (exact) mass is 514 g/mol. The second kappa shape index (κ2) is 15.0. The largest absolute Gasteiger partial charge is 0.303 e. The van der Waals surface area contributed by atoms with Crippen molar-refractivity contribution >= 4 is 6.29 Å². The van der Waals surface area contributed by atoms with E-state index in [-0.39, 0.29) is 5.41 Å². The average molecular weight is 515 g/mol. The van der Waals surface area contributed by atoms with Gasteiger partial charge < -0.3 is 4.79 Å². The minimum absolute atomic E-state index is 0.0408. The van der Waals surface area contributed by atoms with Gasteiger partial charge in [-0.15, -0.1) is 0 Å². The van der Waals surface area contributed by atoms with Crippen molar-refractivity contribution in [2.45, 2.75) is 141 Å². The summed E-state index contributed by atoms with van der Waals surface area (Å²) in [4.78, 5) is 11.9. The first kappa shape index (κ1) is 29.1. The predicted octanol–water partition coefficient (Wildman–Crippen LogP) is 11.4. The fraction of sp³-hybridized carbons (Fsp3) is 0.649. The maximum atomic E-state index is 11.9. The molecular formula is C37H54O. The molecular weight excluding hydrogens is 460 g/mol. The van der Waals surface area contributed by atoms with Crippen LogP contribution in [0.2, 0.25) is 0 Å². The summed E-state index contributed by atoms with van der Waals surface area (Å²) in [6.45, 7) is 4.54. The molecule has 0 bridgehead atoms. The summed E-state index contributed by atoms with van der Waals surface area (Å²) in [7, 11) is 0. The Hall–Kier alpha value is -1.89. The molecule has 0 atom stereocenters. The number of hydrogen-bond donors (Lipinski definition) is 0. The molecule has 2 fully saturated rings. The predicted molar refractivity (Wildman–Crippen MR) is 164 cm³/mol. The van der Waals surface area contributed by atoms with Crippen LogP contribution in [0.1, 0.15) is 152 Å². The lowest BCUT2D eigenvalue weighted by molar-refractivity contribution is -0.118. The lowest BCUT2D eigenvalue weighted by Crippen LogP contribution is -2.28. The minimum Gasteiger partial charge on any atom is -0.303 e. The van der Waals surface area contributed by atoms with Gasteiger partial charge in [0.1, 0.15) is 6.29 Å². The third-order valence-electron chi connectivity index (χ3n) is 10.2. The maximum Gasteiger partial charge on any atom is 0.126 e. The number of hydrogen-bond acceptors (Lipinski definition) is 1. The van der Waals surface area contributed by atoms with Gasteiger partial charge in [-0.25, -0.2) is 0 Å². The van der Waals surface area contributed by atoms with Gasteiger partial charge in [-0.1, -0.05) is 120 Å². The number of unbranched alkanes of at least 4 members (excludes halogenated alkanes) is 6. The number of aldehydes is 1. The van der Waals surface area contributed by atoms with Gasteiger partial charge >= 0.3 is 0 Å². The molecule has 0 saturated heterocycles. The topological polar surface area (TPSA) is 17.1 Å². The molecule has 4 rings (SSSR count). The molecule has 2 aliphatic carbocycles. The number of benzene rings is 2. The Morgan fingerprint density at radius 2 is 1.13 bits per heavy atom. The first-order valence-electron chi connectivity index (χ1n) is 16.3. The van der Waals surface area contributed by atoms with Gasteiger partial charge in [-0.3, -0.25) is 0 Å². The van der Waals surface area contributed by atoms with E-state index >= 15 is 0 Å². The molecule has 0 aromatic heterocycles. The Kier molecular flexibility index (Phi) is 11.5. The van der Waals surface area contributed by atoms with Gasteiger partial charge in [0.25, 0.3) is 0 Å². The Morgan fingerprint density at radius 3 is 1.66 bits per heavy atom. The Morgan fingerprint density at radius 1 is 0.632 bits per heavy atom. The van der Waals surface area contributed by atoms with E-state index in [9.17, 15) is 4.79 Å². The summed E-state index contributed by atoms with van der Waals surface area (Å²) >= 11 is 0. The van der Waals surface area contributed by atoms with Crippen molar-refractivity contribution < 1.29 is 4.79 Å². The molecule has 38 heavy (non-hydrogen) atoms. The molecule has 2 aromatic carbocycles. The van der Waals surface area contributed by atoms with Crippen LogP contribution in [-0.4, -0.2) is 6.29 Å². The van der Waals surface area contributed by atoms with Gasteiger partial charge in [0.15, 0.2) is 0 Å². The molecule has 0 radical (unpaired) electrons. The van der Waals surface area contributed by atoms with E-state index in [1.807, 2.05) is 0 Å². The zero-order chi connectivity index (χ0) is 26.6. The molecule has 2 aliphatic rings. The zero-order valence-corrected chi connectivity index (χ0v) is 24.6. The molecule has 0 spiro atoms. The molecule has 0 amide bonds. The van der Waals surface area contributed by atoms with Crippen molar-refractivity contribution in [1.29, 1.82) is 0 Å². The molecule has 208 valence electrons. The van der Waals surface area contributed by atoms with Crippen molar-refractivity contribution in [1.82, 2.24) is 0 Å².